The fourth-order valence-corrected chi connectivity index (χ4v) is 4.13. The summed E-state index contributed by atoms with van der Waals surface area (Å²) in [4.78, 5) is 47.4. The van der Waals surface area contributed by atoms with Crippen LogP contribution < -0.4 is 20.1 Å². The zero-order valence-electron chi connectivity index (χ0n) is 20.5. The molecule has 2 heterocycles. The lowest BCUT2D eigenvalue weighted by molar-refractivity contribution is 0.164. The molecule has 1 aliphatic heterocycles. The van der Waals surface area contributed by atoms with Crippen LogP contribution in [-0.2, 0) is 6.54 Å². The topological polar surface area (TPSA) is 104 Å². The van der Waals surface area contributed by atoms with E-state index in [2.05, 4.69) is 15.3 Å². The molecule has 0 saturated carbocycles. The number of nitrogens with zero attached hydrogens (tertiary/aromatic N) is 3. The second-order valence-corrected chi connectivity index (χ2v) is 9.12. The largest absolute Gasteiger partial charge is 0.488 e. The van der Waals surface area contributed by atoms with Crippen molar-refractivity contribution in [3.63, 3.8) is 0 Å². The normalized spacial score (nSPS) is 18.9. The third-order valence-electron chi connectivity index (χ3n) is 5.83. The van der Waals surface area contributed by atoms with Gasteiger partial charge in [-0.15, -0.1) is 4.48 Å². The van der Waals surface area contributed by atoms with Crippen LogP contribution in [-0.4, -0.2) is 40.6 Å². The molecule has 0 spiro atoms. The number of benzene rings is 2. The van der Waals surface area contributed by atoms with Gasteiger partial charge in [0.25, 0.3) is 0 Å². The molecule has 192 valence electrons. The summed E-state index contributed by atoms with van der Waals surface area (Å²) in [6.07, 6.45) is 1.12. The molecule has 1 atom stereocenters. The minimum absolute atomic E-state index is 0.0511. The Morgan fingerprint density at radius 1 is 1.08 bits per heavy atom. The monoisotopic (exact) mass is 526 g/mol. The number of aliphatic imine (C=N–C) groups is 1. The number of quaternary nitrogens is 1. The van der Waals surface area contributed by atoms with Crippen molar-refractivity contribution >= 4 is 41.0 Å². The third kappa shape index (κ3) is 5.25. The van der Waals surface area contributed by atoms with Crippen molar-refractivity contribution in [2.45, 2.75) is 33.4 Å². The first-order chi connectivity index (χ1) is 17.6. The molecule has 3 aromatic rings. The van der Waals surface area contributed by atoms with Gasteiger partial charge in [-0.25, -0.2) is 29.2 Å². The number of amides is 4. The van der Waals surface area contributed by atoms with E-state index in [0.29, 0.717) is 5.02 Å². The Morgan fingerprint density at radius 3 is 2.41 bits per heavy atom. The number of pyridine rings is 1. The summed E-state index contributed by atoms with van der Waals surface area (Å²) < 4.78 is 19.3. The summed E-state index contributed by atoms with van der Waals surface area (Å²) >= 11 is 6.02. The maximum atomic E-state index is 14.6. The summed E-state index contributed by atoms with van der Waals surface area (Å²) in [5, 5.41) is 3.24. The van der Waals surface area contributed by atoms with Crippen molar-refractivity contribution in [3.05, 3.63) is 87.6 Å². The van der Waals surface area contributed by atoms with Crippen molar-refractivity contribution in [2.75, 3.05) is 6.54 Å². The van der Waals surface area contributed by atoms with Gasteiger partial charge in [-0.2, -0.15) is 0 Å². The Bertz CT molecular complexity index is 1400. The molecule has 4 rings (SSSR count). The number of guanidine groups is 1. The number of carbonyl (C=O) groups excluding carboxylic acids is 2. The molecule has 0 radical (unpaired) electrons. The van der Waals surface area contributed by atoms with Crippen LogP contribution in [0.25, 0.3) is 0 Å². The molecule has 4 amide bonds. The molecule has 9 nitrogen and oxygen atoms in total. The smallest absolute Gasteiger partial charge is 0.440 e. The fraction of sp³-hybridized carbons (Fsp3) is 0.231. The number of urea groups is 2. The second-order valence-electron chi connectivity index (χ2n) is 8.68. The van der Waals surface area contributed by atoms with E-state index in [-0.39, 0.29) is 47.8 Å². The predicted octanol–water partition coefficient (Wildman–Crippen LogP) is 5.31. The summed E-state index contributed by atoms with van der Waals surface area (Å²) in [7, 11) is 0. The van der Waals surface area contributed by atoms with Crippen molar-refractivity contribution in [3.8, 4) is 5.75 Å². The first-order valence-electron chi connectivity index (χ1n) is 11.6. The first kappa shape index (κ1) is 26.1. The number of rotatable bonds is 7. The van der Waals surface area contributed by atoms with Gasteiger partial charge < -0.3 is 9.72 Å². The Hall–Kier alpha value is -4.02. The average molecular weight is 527 g/mol. The number of H-pyrrole nitrogens is 1. The van der Waals surface area contributed by atoms with Crippen molar-refractivity contribution in [1.29, 1.82) is 0 Å². The van der Waals surface area contributed by atoms with E-state index < -0.39 is 22.4 Å². The Morgan fingerprint density at radius 2 is 1.81 bits per heavy atom. The van der Waals surface area contributed by atoms with E-state index in [0.717, 1.165) is 5.56 Å². The molecular weight excluding hydrogens is 501 g/mol. The van der Waals surface area contributed by atoms with Crippen LogP contribution in [0.2, 0.25) is 5.02 Å². The number of hydrogen-bond donors (Lipinski definition) is 2. The fourth-order valence-electron chi connectivity index (χ4n) is 4.01. The van der Waals surface area contributed by atoms with Crippen molar-refractivity contribution in [1.82, 2.24) is 19.7 Å². The number of aromatic amines is 1. The third-order valence-corrected chi connectivity index (χ3v) is 6.08. The molecule has 37 heavy (non-hydrogen) atoms. The molecule has 2 N–H and O–H groups in total. The predicted molar refractivity (Wildman–Crippen MR) is 140 cm³/mol. The van der Waals surface area contributed by atoms with E-state index in [1.54, 1.807) is 45.0 Å². The van der Waals surface area contributed by atoms with Gasteiger partial charge >= 0.3 is 12.1 Å². The molecule has 0 bridgehead atoms. The first-order valence-corrected chi connectivity index (χ1v) is 12.0. The molecular formula is C26H26ClFN5O4+. The summed E-state index contributed by atoms with van der Waals surface area (Å²) in [5.74, 6) is -0.617. The molecule has 2 aromatic carbocycles. The van der Waals surface area contributed by atoms with E-state index in [1.807, 2.05) is 0 Å². The highest BCUT2D eigenvalue weighted by molar-refractivity contribution is 6.30. The van der Waals surface area contributed by atoms with Crippen molar-refractivity contribution < 1.29 is 18.7 Å². The maximum absolute atomic E-state index is 14.6. The van der Waals surface area contributed by atoms with E-state index in [1.165, 1.54) is 41.4 Å². The van der Waals surface area contributed by atoms with Crippen LogP contribution in [0.3, 0.4) is 0 Å². The minimum Gasteiger partial charge on any atom is -0.488 e. The van der Waals surface area contributed by atoms with E-state index in [4.69, 9.17) is 16.3 Å². The van der Waals surface area contributed by atoms with Crippen LogP contribution in [0.4, 0.5) is 25.4 Å². The molecule has 1 saturated heterocycles. The number of aromatic nitrogens is 1. The summed E-state index contributed by atoms with van der Waals surface area (Å²) in [5.41, 5.74) is 0.823. The molecule has 1 unspecified atom stereocenters. The number of imide groups is 1. The highest BCUT2D eigenvalue weighted by Gasteiger charge is 2.54. The van der Waals surface area contributed by atoms with Gasteiger partial charge in [0.2, 0.25) is 11.5 Å². The lowest BCUT2D eigenvalue weighted by atomic mass is 10.2. The minimum atomic E-state index is -0.737. The lowest BCUT2D eigenvalue weighted by Crippen LogP contribution is -2.73. The van der Waals surface area contributed by atoms with Gasteiger partial charge in [-0.1, -0.05) is 23.7 Å². The van der Waals surface area contributed by atoms with Crippen LogP contribution >= 0.6 is 11.6 Å². The maximum Gasteiger partial charge on any atom is 0.440 e. The average Bonchev–Trinajstić information content (AvgIpc) is 2.86. The Labute approximate surface area is 217 Å². The number of carbonyl (C=O) groups is 2. The number of ether oxygens (including phenoxy) is 1. The van der Waals surface area contributed by atoms with Gasteiger partial charge in [0.1, 0.15) is 0 Å². The molecule has 0 aliphatic carbocycles. The molecule has 1 aromatic heterocycles. The van der Waals surface area contributed by atoms with E-state index in [9.17, 15) is 18.8 Å². The number of hydrogen-bond acceptors (Lipinski definition) is 5. The standard InChI is InChI=1S/C26H25ClFN5O4/c1-4-33(20-10-12-23(34)29-14-20)25(35)31-24(30-19-9-11-22(21(28)13-19)37-16(2)3)32(26(33)36)15-17-5-7-18(27)8-6-17/h5-14,16H,4,15H2,1-3H3,(H-,29,30,31,34,35)/p+1. The second kappa shape index (κ2) is 10.5. The number of halogens is 2. The highest BCUT2D eigenvalue weighted by atomic mass is 35.5. The van der Waals surface area contributed by atoms with Gasteiger partial charge in [0, 0.05) is 23.2 Å². The quantitative estimate of drug-likeness (QED) is 0.407. The zero-order valence-corrected chi connectivity index (χ0v) is 21.3. The van der Waals surface area contributed by atoms with Gasteiger partial charge in [-0.3, -0.25) is 4.79 Å². The van der Waals surface area contributed by atoms with Gasteiger partial charge in [0.05, 0.1) is 31.1 Å². The number of nitrogens with one attached hydrogen (secondary N) is 2. The SMILES string of the molecule is CC[N+]1(c2ccc(=O)[nH]c2)C(=O)NC(=Nc2ccc(OC(C)C)c(F)c2)N(Cc2ccc(Cl)cc2)C1=O. The summed E-state index contributed by atoms with van der Waals surface area (Å²) in [6.45, 7) is 5.37. The van der Waals surface area contributed by atoms with Crippen LogP contribution in [0.1, 0.15) is 26.3 Å². The zero-order chi connectivity index (χ0) is 26.7. The Balaban J connectivity index is 1.79. The Kier molecular flexibility index (Phi) is 7.42. The van der Waals surface area contributed by atoms with Crippen LogP contribution in [0, 0.1) is 5.82 Å². The molecule has 1 aliphatic rings. The van der Waals surface area contributed by atoms with Crippen LogP contribution in [0.15, 0.2) is 70.6 Å². The van der Waals surface area contributed by atoms with Crippen LogP contribution in [0.5, 0.6) is 5.75 Å². The highest BCUT2D eigenvalue weighted by Crippen LogP contribution is 2.30. The lowest BCUT2D eigenvalue weighted by Gasteiger charge is -2.39. The van der Waals surface area contributed by atoms with Gasteiger partial charge in [0.15, 0.2) is 17.3 Å². The van der Waals surface area contributed by atoms with Crippen molar-refractivity contribution in [2.24, 2.45) is 4.99 Å². The summed E-state index contributed by atoms with van der Waals surface area (Å²) in [6, 6.07) is 12.5. The molecule has 11 heteroatoms. The van der Waals surface area contributed by atoms with E-state index >= 15 is 0 Å². The molecule has 1 fully saturated rings. The van der Waals surface area contributed by atoms with Gasteiger partial charge in [-0.05, 0) is 50.6 Å².